The molecule has 164 valence electrons. The van der Waals surface area contributed by atoms with Crippen molar-refractivity contribution in [3.05, 3.63) is 132 Å². The quantitative estimate of drug-likeness (QED) is 0.335. The molecule has 4 nitrogen and oxygen atoms in total. The summed E-state index contributed by atoms with van der Waals surface area (Å²) in [4.78, 5) is 18.2. The lowest BCUT2D eigenvalue weighted by Gasteiger charge is -2.16. The summed E-state index contributed by atoms with van der Waals surface area (Å²) in [5.74, 6) is 0.569. The van der Waals surface area contributed by atoms with Gasteiger partial charge in [0.05, 0.1) is 24.6 Å². The van der Waals surface area contributed by atoms with Crippen molar-refractivity contribution in [2.75, 3.05) is 5.32 Å². The van der Waals surface area contributed by atoms with Gasteiger partial charge >= 0.3 is 0 Å². The van der Waals surface area contributed by atoms with Crippen molar-refractivity contribution < 1.29 is 4.79 Å². The molecule has 0 unspecified atom stereocenters. The van der Waals surface area contributed by atoms with Crippen LogP contribution in [0.3, 0.4) is 0 Å². The third-order valence-corrected chi connectivity index (χ3v) is 6.45. The summed E-state index contributed by atoms with van der Waals surface area (Å²) in [6.45, 7) is 0.639. The molecule has 0 saturated heterocycles. The average Bonchev–Trinajstić information content (AvgIpc) is 3.48. The molecule has 1 heterocycles. The standard InChI is InChI=1S/C30H23N3O/c34-30(32-28-18-31-20-33(28)19-21-9-3-1-4-10-21)29-25(22-11-5-2-6-12-22)15-16-26-24-14-8-7-13-23(24)17-27(26)29/h1-16,18,20H,17,19H2,(H,32,34). The van der Waals surface area contributed by atoms with Gasteiger partial charge in [-0.1, -0.05) is 97.1 Å². The topological polar surface area (TPSA) is 46.9 Å². The van der Waals surface area contributed by atoms with E-state index in [1.165, 1.54) is 11.1 Å². The van der Waals surface area contributed by atoms with Gasteiger partial charge in [0.1, 0.15) is 5.82 Å². The van der Waals surface area contributed by atoms with Crippen LogP contribution in [0.2, 0.25) is 0 Å². The van der Waals surface area contributed by atoms with Crippen molar-refractivity contribution in [3.63, 3.8) is 0 Å². The van der Waals surface area contributed by atoms with Crippen LogP contribution in [0.15, 0.2) is 110 Å². The Hall–Kier alpha value is -4.44. The first kappa shape index (κ1) is 20.2. The van der Waals surface area contributed by atoms with Crippen molar-refractivity contribution in [1.29, 1.82) is 0 Å². The highest BCUT2D eigenvalue weighted by Crippen LogP contribution is 2.41. The first-order valence-electron chi connectivity index (χ1n) is 11.4. The van der Waals surface area contributed by atoms with E-state index >= 15 is 0 Å². The Kier molecular flexibility index (Phi) is 5.04. The second-order valence-corrected chi connectivity index (χ2v) is 8.56. The summed E-state index contributed by atoms with van der Waals surface area (Å²) in [6.07, 6.45) is 4.21. The lowest BCUT2D eigenvalue weighted by atomic mass is 9.91. The van der Waals surface area contributed by atoms with Crippen LogP contribution < -0.4 is 5.32 Å². The summed E-state index contributed by atoms with van der Waals surface area (Å²) >= 11 is 0. The van der Waals surface area contributed by atoms with Crippen LogP contribution in [0.25, 0.3) is 22.3 Å². The van der Waals surface area contributed by atoms with Crippen molar-refractivity contribution in [2.24, 2.45) is 0 Å². The number of carbonyl (C=O) groups is 1. The Morgan fingerprint density at radius 2 is 1.50 bits per heavy atom. The van der Waals surface area contributed by atoms with Gasteiger partial charge in [-0.2, -0.15) is 0 Å². The molecule has 0 aliphatic heterocycles. The van der Waals surface area contributed by atoms with Gasteiger partial charge in [0.2, 0.25) is 0 Å². The fourth-order valence-electron chi connectivity index (χ4n) is 4.84. The number of fused-ring (bicyclic) bond motifs is 3. The summed E-state index contributed by atoms with van der Waals surface area (Å²) in [5.41, 5.74) is 8.53. The molecule has 0 saturated carbocycles. The molecule has 0 fully saturated rings. The van der Waals surface area contributed by atoms with E-state index in [9.17, 15) is 4.79 Å². The van der Waals surface area contributed by atoms with E-state index in [0.29, 0.717) is 12.4 Å². The number of hydrogen-bond donors (Lipinski definition) is 1. The molecule has 5 aromatic rings. The minimum absolute atomic E-state index is 0.113. The van der Waals surface area contributed by atoms with E-state index in [-0.39, 0.29) is 5.91 Å². The number of anilines is 1. The molecule has 34 heavy (non-hydrogen) atoms. The number of imidazole rings is 1. The highest BCUT2D eigenvalue weighted by atomic mass is 16.1. The van der Waals surface area contributed by atoms with Crippen molar-refractivity contribution in [3.8, 4) is 22.3 Å². The molecule has 1 aliphatic rings. The summed E-state index contributed by atoms with van der Waals surface area (Å²) in [5, 5.41) is 3.16. The van der Waals surface area contributed by atoms with Crippen LogP contribution in [0.5, 0.6) is 0 Å². The van der Waals surface area contributed by atoms with Gasteiger partial charge in [0.15, 0.2) is 0 Å². The first-order valence-corrected chi connectivity index (χ1v) is 11.4. The van der Waals surface area contributed by atoms with Crippen LogP contribution in [-0.2, 0) is 13.0 Å². The predicted molar refractivity (Wildman–Crippen MR) is 136 cm³/mol. The van der Waals surface area contributed by atoms with Gasteiger partial charge in [0.25, 0.3) is 5.91 Å². The van der Waals surface area contributed by atoms with Gasteiger partial charge in [-0.05, 0) is 45.4 Å². The van der Waals surface area contributed by atoms with E-state index in [0.717, 1.165) is 39.8 Å². The number of hydrogen-bond acceptors (Lipinski definition) is 2. The SMILES string of the molecule is O=C(Nc1cncn1Cc1ccccc1)c1c(-c2ccccc2)ccc2c1Cc1ccccc1-2. The smallest absolute Gasteiger partial charge is 0.257 e. The Labute approximate surface area is 198 Å². The second kappa shape index (κ2) is 8.49. The lowest BCUT2D eigenvalue weighted by Crippen LogP contribution is -2.18. The van der Waals surface area contributed by atoms with Gasteiger partial charge in [-0.25, -0.2) is 4.98 Å². The fourth-order valence-corrected chi connectivity index (χ4v) is 4.84. The normalized spacial score (nSPS) is 11.6. The molecule has 1 amide bonds. The van der Waals surface area contributed by atoms with Gasteiger partial charge in [-0.15, -0.1) is 0 Å². The molecule has 1 N–H and O–H groups in total. The zero-order valence-corrected chi connectivity index (χ0v) is 18.6. The monoisotopic (exact) mass is 441 g/mol. The molecular formula is C30H23N3O. The molecule has 4 aromatic carbocycles. The Morgan fingerprint density at radius 1 is 0.794 bits per heavy atom. The lowest BCUT2D eigenvalue weighted by molar-refractivity contribution is 0.102. The summed E-state index contributed by atoms with van der Waals surface area (Å²) in [7, 11) is 0. The van der Waals surface area contributed by atoms with Crippen LogP contribution in [-0.4, -0.2) is 15.5 Å². The van der Waals surface area contributed by atoms with Crippen molar-refractivity contribution in [2.45, 2.75) is 13.0 Å². The molecule has 0 atom stereocenters. The Morgan fingerprint density at radius 3 is 2.32 bits per heavy atom. The van der Waals surface area contributed by atoms with Gasteiger partial charge < -0.3 is 9.88 Å². The highest BCUT2D eigenvalue weighted by molar-refractivity contribution is 6.11. The molecule has 4 heteroatoms. The van der Waals surface area contributed by atoms with E-state index in [4.69, 9.17) is 0 Å². The fraction of sp³-hybridized carbons (Fsp3) is 0.0667. The molecule has 6 rings (SSSR count). The number of amides is 1. The number of nitrogens with one attached hydrogen (secondary N) is 1. The summed E-state index contributed by atoms with van der Waals surface area (Å²) < 4.78 is 1.97. The largest absolute Gasteiger partial charge is 0.313 e. The first-order chi connectivity index (χ1) is 16.8. The highest BCUT2D eigenvalue weighted by Gasteiger charge is 2.27. The number of aromatic nitrogens is 2. The average molecular weight is 442 g/mol. The van der Waals surface area contributed by atoms with Crippen LogP contribution in [0.4, 0.5) is 5.82 Å². The maximum absolute atomic E-state index is 13.9. The zero-order chi connectivity index (χ0) is 22.9. The summed E-state index contributed by atoms with van der Waals surface area (Å²) in [6, 6.07) is 32.9. The van der Waals surface area contributed by atoms with Crippen LogP contribution >= 0.6 is 0 Å². The Bertz CT molecular complexity index is 1490. The molecule has 0 radical (unpaired) electrons. The van der Waals surface area contributed by atoms with E-state index in [1.807, 2.05) is 41.0 Å². The molecule has 0 bridgehead atoms. The van der Waals surface area contributed by atoms with E-state index in [2.05, 4.69) is 71.0 Å². The predicted octanol–water partition coefficient (Wildman–Crippen LogP) is 6.42. The van der Waals surface area contributed by atoms with Gasteiger partial charge in [-0.3, -0.25) is 4.79 Å². The Balaban J connectivity index is 1.41. The molecule has 0 spiro atoms. The van der Waals surface area contributed by atoms with Crippen molar-refractivity contribution in [1.82, 2.24) is 9.55 Å². The molecule has 1 aromatic heterocycles. The minimum atomic E-state index is -0.113. The van der Waals surface area contributed by atoms with Crippen LogP contribution in [0, 0.1) is 0 Å². The van der Waals surface area contributed by atoms with E-state index in [1.54, 1.807) is 12.5 Å². The molecular weight excluding hydrogens is 418 g/mol. The third kappa shape index (κ3) is 3.59. The molecule has 1 aliphatic carbocycles. The maximum Gasteiger partial charge on any atom is 0.257 e. The van der Waals surface area contributed by atoms with Gasteiger partial charge in [0, 0.05) is 0 Å². The van der Waals surface area contributed by atoms with Crippen LogP contribution in [0.1, 0.15) is 27.0 Å². The number of benzene rings is 4. The minimum Gasteiger partial charge on any atom is -0.313 e. The van der Waals surface area contributed by atoms with E-state index < -0.39 is 0 Å². The second-order valence-electron chi connectivity index (χ2n) is 8.56. The number of nitrogens with zero attached hydrogens (tertiary/aromatic N) is 2. The number of rotatable bonds is 5. The number of carbonyl (C=O) groups excluding carboxylic acids is 1. The van der Waals surface area contributed by atoms with Crippen molar-refractivity contribution >= 4 is 11.7 Å². The maximum atomic E-state index is 13.9. The zero-order valence-electron chi connectivity index (χ0n) is 18.6. The third-order valence-electron chi connectivity index (χ3n) is 6.45.